The first kappa shape index (κ1) is 15.9. The van der Waals surface area contributed by atoms with Crippen molar-refractivity contribution in [3.8, 4) is 0 Å². The quantitative estimate of drug-likeness (QED) is 0.908. The highest BCUT2D eigenvalue weighted by Crippen LogP contribution is 2.16. The zero-order valence-corrected chi connectivity index (χ0v) is 13.5. The lowest BCUT2D eigenvalue weighted by Gasteiger charge is -2.20. The molecule has 22 heavy (non-hydrogen) atoms. The number of anilines is 2. The summed E-state index contributed by atoms with van der Waals surface area (Å²) in [6, 6.07) is 9.77. The zero-order valence-electron chi connectivity index (χ0n) is 13.5. The number of rotatable bonds is 4. The number of hydrogen-bond acceptors (Lipinski definition) is 4. The van der Waals surface area contributed by atoms with Gasteiger partial charge in [0.25, 0.3) is 5.91 Å². The smallest absolute Gasteiger partial charge is 0.270 e. The summed E-state index contributed by atoms with van der Waals surface area (Å²) in [6.45, 7) is 7.91. The van der Waals surface area contributed by atoms with E-state index in [-0.39, 0.29) is 11.4 Å². The third-order valence-electron chi connectivity index (χ3n) is 3.02. The third kappa shape index (κ3) is 4.55. The average molecular weight is 298 g/mol. The Morgan fingerprint density at radius 2 is 1.82 bits per heavy atom. The molecule has 0 aliphatic heterocycles. The summed E-state index contributed by atoms with van der Waals surface area (Å²) in [5.41, 5.74) is 2.25. The van der Waals surface area contributed by atoms with E-state index in [2.05, 4.69) is 39.7 Å². The minimum Gasteiger partial charge on any atom is -0.346 e. The van der Waals surface area contributed by atoms with E-state index >= 15 is 0 Å². The number of benzene rings is 1. The molecule has 0 spiro atoms. The first-order valence-corrected chi connectivity index (χ1v) is 7.38. The Bertz CT molecular complexity index is 644. The van der Waals surface area contributed by atoms with Crippen LogP contribution in [0.25, 0.3) is 0 Å². The number of aromatic nitrogens is 2. The van der Waals surface area contributed by atoms with E-state index < -0.39 is 0 Å². The molecule has 1 amide bonds. The monoisotopic (exact) mass is 298 g/mol. The summed E-state index contributed by atoms with van der Waals surface area (Å²) in [6.07, 6.45) is 2.39. The Balaban J connectivity index is 2.12. The number of nitrogens with one attached hydrogen (secondary N) is 2. The fraction of sp³-hybridized carbons (Fsp3) is 0.353. The summed E-state index contributed by atoms with van der Waals surface area (Å²) in [5.74, 6) is 0.387. The normalized spacial score (nSPS) is 11.1. The Labute approximate surface area is 131 Å². The molecular weight excluding hydrogens is 276 g/mol. The van der Waals surface area contributed by atoms with Crippen LogP contribution in [0.3, 0.4) is 0 Å². The maximum Gasteiger partial charge on any atom is 0.270 e. The van der Waals surface area contributed by atoms with Crippen LogP contribution in [0.4, 0.5) is 11.5 Å². The number of carbonyl (C=O) groups is 1. The summed E-state index contributed by atoms with van der Waals surface area (Å²) < 4.78 is 0. The van der Waals surface area contributed by atoms with Gasteiger partial charge in [0.15, 0.2) is 0 Å². The number of carbonyl (C=O) groups excluding carboxylic acids is 1. The zero-order chi connectivity index (χ0) is 16.2. The van der Waals surface area contributed by atoms with Crippen LogP contribution in [0, 0.1) is 0 Å². The van der Waals surface area contributed by atoms with E-state index in [1.165, 1.54) is 11.9 Å². The molecule has 0 aliphatic carbocycles. The molecule has 0 fully saturated rings. The molecule has 5 nitrogen and oxygen atoms in total. The van der Waals surface area contributed by atoms with Gasteiger partial charge in [-0.15, -0.1) is 0 Å². The molecule has 0 atom stereocenters. The van der Waals surface area contributed by atoms with Crippen LogP contribution in [-0.4, -0.2) is 21.4 Å². The number of hydrogen-bond donors (Lipinski definition) is 2. The first-order chi connectivity index (χ1) is 10.4. The minimum absolute atomic E-state index is 0.209. The molecular formula is C17H22N4O. The molecule has 0 saturated heterocycles. The van der Waals surface area contributed by atoms with E-state index in [1.807, 2.05) is 32.9 Å². The standard InChI is InChI=1S/C17H22N4O/c1-5-12-6-8-13(9-7-12)20-15-10-14(18-11-19-15)16(22)21-17(2,3)4/h6-11H,5H2,1-4H3,(H,21,22)(H,18,19,20). The predicted octanol–water partition coefficient (Wildman–Crippen LogP) is 3.31. The first-order valence-electron chi connectivity index (χ1n) is 7.38. The molecule has 1 aromatic heterocycles. The molecule has 5 heteroatoms. The van der Waals surface area contributed by atoms with Crippen molar-refractivity contribution in [2.45, 2.75) is 39.7 Å². The van der Waals surface area contributed by atoms with E-state index in [4.69, 9.17) is 0 Å². The molecule has 0 saturated carbocycles. The Kier molecular flexibility index (Phi) is 4.75. The van der Waals surface area contributed by atoms with Gasteiger partial charge in [-0.2, -0.15) is 0 Å². The van der Waals surface area contributed by atoms with Crippen molar-refractivity contribution < 1.29 is 4.79 Å². The molecule has 116 valence electrons. The fourth-order valence-corrected chi connectivity index (χ4v) is 1.93. The van der Waals surface area contributed by atoms with E-state index in [0.29, 0.717) is 11.5 Å². The summed E-state index contributed by atoms with van der Waals surface area (Å²) in [5, 5.41) is 6.07. The molecule has 2 aromatic rings. The van der Waals surface area contributed by atoms with Gasteiger partial charge in [0.2, 0.25) is 0 Å². The van der Waals surface area contributed by atoms with Crippen LogP contribution in [0.15, 0.2) is 36.7 Å². The van der Waals surface area contributed by atoms with Crippen molar-refractivity contribution >= 4 is 17.4 Å². The molecule has 2 rings (SSSR count). The minimum atomic E-state index is -0.300. The maximum absolute atomic E-state index is 12.1. The maximum atomic E-state index is 12.1. The second-order valence-corrected chi connectivity index (χ2v) is 6.17. The van der Waals surface area contributed by atoms with Crippen molar-refractivity contribution in [2.24, 2.45) is 0 Å². The van der Waals surface area contributed by atoms with Crippen LogP contribution in [0.2, 0.25) is 0 Å². The number of aryl methyl sites for hydroxylation is 1. The number of nitrogens with zero attached hydrogens (tertiary/aromatic N) is 2. The summed E-state index contributed by atoms with van der Waals surface area (Å²) in [7, 11) is 0. The Hall–Kier alpha value is -2.43. The van der Waals surface area contributed by atoms with Crippen LogP contribution < -0.4 is 10.6 Å². The highest BCUT2D eigenvalue weighted by Gasteiger charge is 2.16. The predicted molar refractivity (Wildman–Crippen MR) is 88.4 cm³/mol. The highest BCUT2D eigenvalue weighted by molar-refractivity contribution is 5.93. The van der Waals surface area contributed by atoms with E-state index in [0.717, 1.165) is 12.1 Å². The lowest BCUT2D eigenvalue weighted by molar-refractivity contribution is 0.0914. The van der Waals surface area contributed by atoms with Gasteiger partial charge in [0, 0.05) is 17.3 Å². The van der Waals surface area contributed by atoms with E-state index in [1.54, 1.807) is 6.07 Å². The molecule has 0 unspecified atom stereocenters. The Morgan fingerprint density at radius 3 is 2.41 bits per heavy atom. The SMILES string of the molecule is CCc1ccc(Nc2cc(C(=O)NC(C)(C)C)ncn2)cc1. The highest BCUT2D eigenvalue weighted by atomic mass is 16.2. The topological polar surface area (TPSA) is 66.9 Å². The molecule has 0 aliphatic rings. The lowest BCUT2D eigenvalue weighted by atomic mass is 10.1. The van der Waals surface area contributed by atoms with Crippen molar-refractivity contribution in [2.75, 3.05) is 5.32 Å². The van der Waals surface area contributed by atoms with Crippen LogP contribution in [-0.2, 0) is 6.42 Å². The molecule has 0 bridgehead atoms. The van der Waals surface area contributed by atoms with Gasteiger partial charge in [0.1, 0.15) is 17.8 Å². The van der Waals surface area contributed by atoms with Gasteiger partial charge in [-0.05, 0) is 44.9 Å². The van der Waals surface area contributed by atoms with E-state index in [9.17, 15) is 4.79 Å². The van der Waals surface area contributed by atoms with Gasteiger partial charge in [-0.1, -0.05) is 19.1 Å². The van der Waals surface area contributed by atoms with Gasteiger partial charge < -0.3 is 10.6 Å². The van der Waals surface area contributed by atoms with Crippen molar-refractivity contribution in [1.82, 2.24) is 15.3 Å². The Morgan fingerprint density at radius 1 is 1.14 bits per heavy atom. The summed E-state index contributed by atoms with van der Waals surface area (Å²) >= 11 is 0. The molecule has 1 heterocycles. The average Bonchev–Trinajstić information content (AvgIpc) is 2.46. The second-order valence-electron chi connectivity index (χ2n) is 6.17. The van der Waals surface area contributed by atoms with Crippen LogP contribution in [0.1, 0.15) is 43.7 Å². The van der Waals surface area contributed by atoms with Gasteiger partial charge in [-0.25, -0.2) is 9.97 Å². The van der Waals surface area contributed by atoms with Gasteiger partial charge >= 0.3 is 0 Å². The van der Waals surface area contributed by atoms with Crippen LogP contribution in [0.5, 0.6) is 0 Å². The lowest BCUT2D eigenvalue weighted by Crippen LogP contribution is -2.40. The van der Waals surface area contributed by atoms with Crippen molar-refractivity contribution in [3.05, 3.63) is 47.9 Å². The molecule has 2 N–H and O–H groups in total. The number of amides is 1. The van der Waals surface area contributed by atoms with Crippen molar-refractivity contribution in [3.63, 3.8) is 0 Å². The largest absolute Gasteiger partial charge is 0.346 e. The second kappa shape index (κ2) is 6.56. The molecule has 1 aromatic carbocycles. The van der Waals surface area contributed by atoms with Gasteiger partial charge in [-0.3, -0.25) is 4.79 Å². The third-order valence-corrected chi connectivity index (χ3v) is 3.02. The van der Waals surface area contributed by atoms with Crippen molar-refractivity contribution in [1.29, 1.82) is 0 Å². The van der Waals surface area contributed by atoms with Crippen LogP contribution >= 0.6 is 0 Å². The fourth-order valence-electron chi connectivity index (χ4n) is 1.93. The van der Waals surface area contributed by atoms with Gasteiger partial charge in [0.05, 0.1) is 0 Å². The molecule has 0 radical (unpaired) electrons. The summed E-state index contributed by atoms with van der Waals surface area (Å²) in [4.78, 5) is 20.3.